The van der Waals surface area contributed by atoms with Crippen molar-refractivity contribution in [1.82, 2.24) is 0 Å². The molecule has 0 bridgehead atoms. The molecule has 0 N–H and O–H groups in total. The molecule has 0 aromatic heterocycles. The number of ether oxygens (including phenoxy) is 1. The van der Waals surface area contributed by atoms with E-state index in [1.807, 2.05) is 6.07 Å². The van der Waals surface area contributed by atoms with E-state index < -0.39 is 4.92 Å². The Hall–Kier alpha value is -2.09. The van der Waals surface area contributed by atoms with Gasteiger partial charge < -0.3 is 4.74 Å². The number of benzene rings is 1. The fourth-order valence-corrected chi connectivity index (χ4v) is 2.46. The molecule has 5 heteroatoms. The van der Waals surface area contributed by atoms with Gasteiger partial charge >= 0.3 is 0 Å². The molecular weight excluding hydrogens is 244 g/mol. The van der Waals surface area contributed by atoms with Crippen LogP contribution in [0.3, 0.4) is 0 Å². The highest BCUT2D eigenvalue weighted by Gasteiger charge is 2.24. The molecule has 0 radical (unpaired) electrons. The van der Waals surface area contributed by atoms with E-state index >= 15 is 0 Å². The molecule has 2 rings (SSSR count). The minimum absolute atomic E-state index is 0.0639. The van der Waals surface area contributed by atoms with E-state index in [4.69, 9.17) is 10.00 Å². The minimum atomic E-state index is -0.546. The molecule has 1 fully saturated rings. The average molecular weight is 260 g/mol. The first-order valence-electron chi connectivity index (χ1n) is 6.47. The zero-order chi connectivity index (χ0) is 13.8. The molecule has 0 amide bonds. The summed E-state index contributed by atoms with van der Waals surface area (Å²) in [5, 5.41) is 19.7. The lowest BCUT2D eigenvalue weighted by Crippen LogP contribution is -2.28. The quantitative estimate of drug-likeness (QED) is 0.616. The molecule has 19 heavy (non-hydrogen) atoms. The van der Waals surface area contributed by atoms with Gasteiger partial charge in [0.05, 0.1) is 11.0 Å². The van der Waals surface area contributed by atoms with Gasteiger partial charge in [-0.2, -0.15) is 5.26 Å². The lowest BCUT2D eigenvalue weighted by molar-refractivity contribution is -0.385. The van der Waals surface area contributed by atoms with Gasteiger partial charge in [-0.15, -0.1) is 0 Å². The van der Waals surface area contributed by atoms with Crippen molar-refractivity contribution in [2.24, 2.45) is 5.92 Å². The van der Waals surface area contributed by atoms with Gasteiger partial charge in [-0.1, -0.05) is 13.3 Å². The molecule has 0 heterocycles. The molecule has 1 aliphatic rings. The normalized spacial score (nSPS) is 22.5. The van der Waals surface area contributed by atoms with Gasteiger partial charge in [0, 0.05) is 0 Å². The van der Waals surface area contributed by atoms with Gasteiger partial charge in [0.2, 0.25) is 0 Å². The van der Waals surface area contributed by atoms with Crippen LogP contribution in [-0.2, 0) is 0 Å². The van der Waals surface area contributed by atoms with Gasteiger partial charge in [-0.25, -0.2) is 0 Å². The molecule has 0 spiro atoms. The molecule has 0 saturated heterocycles. The number of hydrogen-bond donors (Lipinski definition) is 0. The van der Waals surface area contributed by atoms with Crippen molar-refractivity contribution >= 4 is 5.69 Å². The summed E-state index contributed by atoms with van der Waals surface area (Å²) in [6.07, 6.45) is 4.57. The molecule has 1 aromatic rings. The number of nitro groups is 1. The Bertz CT molecular complexity index is 522. The Morgan fingerprint density at radius 2 is 2.16 bits per heavy atom. The fraction of sp³-hybridized carbons (Fsp3) is 0.500. The van der Waals surface area contributed by atoms with Gasteiger partial charge in [0.15, 0.2) is 0 Å². The molecule has 1 aliphatic carbocycles. The maximum atomic E-state index is 10.9. The molecule has 2 atom stereocenters. The predicted molar refractivity (Wildman–Crippen MR) is 69.9 cm³/mol. The summed E-state index contributed by atoms with van der Waals surface area (Å²) in [5.41, 5.74) is -0.127. The van der Waals surface area contributed by atoms with Gasteiger partial charge in [-0.3, -0.25) is 10.1 Å². The zero-order valence-electron chi connectivity index (χ0n) is 10.8. The minimum Gasteiger partial charge on any atom is -0.490 e. The van der Waals surface area contributed by atoms with Crippen LogP contribution in [0.2, 0.25) is 0 Å². The largest absolute Gasteiger partial charge is 0.490 e. The SMILES string of the molecule is CC1CCCCC1Oc1ccc(C#N)c([N+](=O)[O-])c1. The molecular formula is C14H16N2O3. The first-order chi connectivity index (χ1) is 9.11. The van der Waals surface area contributed by atoms with Crippen molar-refractivity contribution in [3.8, 4) is 11.8 Å². The van der Waals surface area contributed by atoms with E-state index in [1.54, 1.807) is 6.07 Å². The van der Waals surface area contributed by atoms with Crippen LogP contribution in [0.5, 0.6) is 5.75 Å². The van der Waals surface area contributed by atoms with E-state index in [9.17, 15) is 10.1 Å². The summed E-state index contributed by atoms with van der Waals surface area (Å²) < 4.78 is 5.84. The van der Waals surface area contributed by atoms with Crippen molar-refractivity contribution in [3.63, 3.8) is 0 Å². The van der Waals surface area contributed by atoms with Crippen LogP contribution in [0.25, 0.3) is 0 Å². The zero-order valence-corrected chi connectivity index (χ0v) is 10.8. The molecule has 0 aliphatic heterocycles. The summed E-state index contributed by atoms with van der Waals surface area (Å²) in [6.45, 7) is 2.14. The Balaban J connectivity index is 2.19. The van der Waals surface area contributed by atoms with Crippen LogP contribution in [0.15, 0.2) is 18.2 Å². The van der Waals surface area contributed by atoms with Gasteiger partial charge in [0.25, 0.3) is 5.69 Å². The Kier molecular flexibility index (Phi) is 4.00. The molecule has 5 nitrogen and oxygen atoms in total. The fourth-order valence-electron chi connectivity index (χ4n) is 2.46. The first-order valence-corrected chi connectivity index (χ1v) is 6.47. The van der Waals surface area contributed by atoms with Crippen molar-refractivity contribution in [2.45, 2.75) is 38.7 Å². The number of nitriles is 1. The van der Waals surface area contributed by atoms with Gasteiger partial charge in [-0.05, 0) is 37.3 Å². The number of hydrogen-bond acceptors (Lipinski definition) is 4. The van der Waals surface area contributed by atoms with E-state index in [-0.39, 0.29) is 17.4 Å². The average Bonchev–Trinajstić information content (AvgIpc) is 2.41. The lowest BCUT2D eigenvalue weighted by atomic mass is 9.88. The topological polar surface area (TPSA) is 76.2 Å². The molecule has 1 aromatic carbocycles. The van der Waals surface area contributed by atoms with Crippen LogP contribution in [0.1, 0.15) is 38.2 Å². The third-order valence-corrected chi connectivity index (χ3v) is 3.61. The summed E-state index contributed by atoms with van der Waals surface area (Å²) in [5.74, 6) is 0.938. The second-order valence-electron chi connectivity index (χ2n) is 4.97. The van der Waals surface area contributed by atoms with Crippen LogP contribution in [-0.4, -0.2) is 11.0 Å². The monoisotopic (exact) mass is 260 g/mol. The highest BCUT2D eigenvalue weighted by Crippen LogP contribution is 2.30. The van der Waals surface area contributed by atoms with Crippen LogP contribution in [0.4, 0.5) is 5.69 Å². The molecule has 1 saturated carbocycles. The maximum Gasteiger partial charge on any atom is 0.290 e. The van der Waals surface area contributed by atoms with Gasteiger partial charge in [0.1, 0.15) is 23.5 Å². The smallest absolute Gasteiger partial charge is 0.290 e. The van der Waals surface area contributed by atoms with Crippen molar-refractivity contribution in [2.75, 3.05) is 0 Å². The molecule has 2 unspecified atom stereocenters. The lowest BCUT2D eigenvalue weighted by Gasteiger charge is -2.29. The molecule has 100 valence electrons. The van der Waals surface area contributed by atoms with Crippen LogP contribution in [0, 0.1) is 27.4 Å². The Morgan fingerprint density at radius 3 is 2.79 bits per heavy atom. The van der Waals surface area contributed by atoms with E-state index in [0.717, 1.165) is 19.3 Å². The highest BCUT2D eigenvalue weighted by molar-refractivity contribution is 5.52. The summed E-state index contributed by atoms with van der Waals surface area (Å²) >= 11 is 0. The summed E-state index contributed by atoms with van der Waals surface area (Å²) in [7, 11) is 0. The van der Waals surface area contributed by atoms with Crippen molar-refractivity contribution in [1.29, 1.82) is 5.26 Å². The predicted octanol–water partition coefficient (Wildman–Crippen LogP) is 3.42. The Morgan fingerprint density at radius 1 is 1.42 bits per heavy atom. The van der Waals surface area contributed by atoms with Crippen LogP contribution < -0.4 is 4.74 Å². The van der Waals surface area contributed by atoms with Crippen molar-refractivity contribution < 1.29 is 9.66 Å². The standard InChI is InChI=1S/C14H16N2O3/c1-10-4-2-3-5-14(10)19-12-7-6-11(9-15)13(8-12)16(17)18/h6-8,10,14H,2-5H2,1H3. The second-order valence-corrected chi connectivity index (χ2v) is 4.97. The van der Waals surface area contributed by atoms with E-state index in [1.165, 1.54) is 18.6 Å². The number of nitrogens with zero attached hydrogens (tertiary/aromatic N) is 2. The maximum absolute atomic E-state index is 10.9. The summed E-state index contributed by atoms with van der Waals surface area (Å²) in [6, 6.07) is 6.24. The number of rotatable bonds is 3. The number of nitro benzene ring substituents is 1. The first kappa shape index (κ1) is 13.3. The highest BCUT2D eigenvalue weighted by atomic mass is 16.6. The van der Waals surface area contributed by atoms with Crippen molar-refractivity contribution in [3.05, 3.63) is 33.9 Å². The summed E-state index contributed by atoms with van der Waals surface area (Å²) in [4.78, 5) is 10.3. The van der Waals surface area contributed by atoms with E-state index in [0.29, 0.717) is 11.7 Å². The van der Waals surface area contributed by atoms with Crippen LogP contribution >= 0.6 is 0 Å². The van der Waals surface area contributed by atoms with E-state index in [2.05, 4.69) is 6.92 Å². The third-order valence-electron chi connectivity index (χ3n) is 3.61. The second kappa shape index (κ2) is 5.70. The Labute approximate surface area is 112 Å². The third kappa shape index (κ3) is 3.02.